The first-order valence-electron chi connectivity index (χ1n) is 3.29. The van der Waals surface area contributed by atoms with Gasteiger partial charge in [-0.15, -0.1) is 0 Å². The summed E-state index contributed by atoms with van der Waals surface area (Å²) in [4.78, 5) is 21.7. The van der Waals surface area contributed by atoms with Crippen LogP contribution in [0.1, 0.15) is 22.8 Å². The molecule has 1 aromatic heterocycles. The molecule has 4 nitrogen and oxygen atoms in total. The van der Waals surface area contributed by atoms with Crippen LogP contribution in [-0.2, 0) is 0 Å². The first-order chi connectivity index (χ1) is 5.54. The van der Waals surface area contributed by atoms with E-state index in [4.69, 9.17) is 0 Å². The van der Waals surface area contributed by atoms with Crippen LogP contribution >= 0.6 is 0 Å². The third kappa shape index (κ3) is 2.53. The van der Waals surface area contributed by atoms with E-state index in [9.17, 15) is 14.7 Å². The molecule has 0 aliphatic carbocycles. The number of hydrogen-bond acceptors (Lipinski definition) is 4. The van der Waals surface area contributed by atoms with Crippen LogP contribution in [0.25, 0.3) is 0 Å². The second-order valence-corrected chi connectivity index (χ2v) is 2.40. The van der Waals surface area contributed by atoms with E-state index in [1.807, 2.05) is 0 Å². The quantitative estimate of drug-likeness (QED) is 0.611. The molecule has 0 bridgehead atoms. The molecule has 1 aromatic rings. The van der Waals surface area contributed by atoms with Gasteiger partial charge in [0.2, 0.25) is 5.63 Å². The fourth-order valence-electron chi connectivity index (χ4n) is 0.817. The van der Waals surface area contributed by atoms with Gasteiger partial charge in [-0.2, -0.15) is 0 Å². The maximum atomic E-state index is 10.9. The first kappa shape index (κ1) is 12.6. The molecule has 0 amide bonds. The Balaban J connectivity index is 0.00000144. The van der Waals surface area contributed by atoms with Crippen LogP contribution in [0.4, 0.5) is 0 Å². The molecule has 0 atom stereocenters. The van der Waals surface area contributed by atoms with Crippen molar-refractivity contribution in [2.24, 2.45) is 0 Å². The summed E-state index contributed by atoms with van der Waals surface area (Å²) in [6, 6.07) is 0. The summed E-state index contributed by atoms with van der Waals surface area (Å²) in [5.41, 5.74) is -0.920. The molecule has 67 valence electrons. The zero-order valence-electron chi connectivity index (χ0n) is 7.25. The molecule has 1 N–H and O–H groups in total. The van der Waals surface area contributed by atoms with E-state index >= 15 is 0 Å². The number of aryl methyl sites for hydroxylation is 1. The zero-order valence-corrected chi connectivity index (χ0v) is 10.9. The topological polar surface area (TPSA) is 67.5 Å². The Morgan fingerprint density at radius 2 is 2.08 bits per heavy atom. The average Bonchev–Trinajstić information content (AvgIpc) is 1.97. The van der Waals surface area contributed by atoms with Crippen molar-refractivity contribution in [3.8, 4) is 5.75 Å². The fraction of sp³-hybridized carbons (Fsp3) is 0.250. The van der Waals surface area contributed by atoms with Gasteiger partial charge in [0.15, 0.2) is 0 Å². The summed E-state index contributed by atoms with van der Waals surface area (Å²) in [6.07, 6.45) is 2.17. The summed E-state index contributed by atoms with van der Waals surface area (Å²) in [5, 5.41) is 9.24. The van der Waals surface area contributed by atoms with Crippen LogP contribution in [0.2, 0.25) is 0 Å². The van der Waals surface area contributed by atoms with Crippen LogP contribution in [0, 0.1) is 48.8 Å². The second kappa shape index (κ2) is 4.74. The monoisotopic (exact) mass is 306 g/mol. The van der Waals surface area contributed by atoms with Crippen LogP contribution in [0.5, 0.6) is 5.75 Å². The second-order valence-electron chi connectivity index (χ2n) is 2.40. The summed E-state index contributed by atoms with van der Waals surface area (Å²) >= 11 is 0. The Bertz CT molecular complexity index is 380. The largest absolute Gasteiger partial charge is 0.564 e. The molecule has 0 saturated carbocycles. The summed E-state index contributed by atoms with van der Waals surface area (Å²) in [7, 11) is 0. The summed E-state index contributed by atoms with van der Waals surface area (Å²) in [6.45, 7) is 2.68. The molecule has 0 aromatic carbocycles. The molecular formula is C8H7LaO4-. The number of carbonyl (C=O) groups excluding carboxylic acids is 1. The van der Waals surface area contributed by atoms with Crippen molar-refractivity contribution in [3.05, 3.63) is 27.8 Å². The molecule has 5 heteroatoms. The first-order valence-corrected chi connectivity index (χ1v) is 3.29. The van der Waals surface area contributed by atoms with Gasteiger partial charge < -0.3 is 14.3 Å². The predicted octanol–water partition coefficient (Wildman–Crippen LogP) is 0.657. The number of hydrogen-bond donors (Lipinski definition) is 1. The molecule has 0 fully saturated rings. The molecule has 0 spiro atoms. The molecule has 1 heterocycles. The van der Waals surface area contributed by atoms with E-state index in [0.29, 0.717) is 0 Å². The van der Waals surface area contributed by atoms with Crippen molar-refractivity contribution in [3.63, 3.8) is 0 Å². The van der Waals surface area contributed by atoms with Gasteiger partial charge in [-0.25, -0.2) is 0 Å². The van der Waals surface area contributed by atoms with E-state index in [1.54, 1.807) is 0 Å². The fourth-order valence-corrected chi connectivity index (χ4v) is 0.817. The van der Waals surface area contributed by atoms with Crippen LogP contribution < -0.4 is 5.63 Å². The van der Waals surface area contributed by atoms with Crippen molar-refractivity contribution in [2.45, 2.75) is 13.8 Å². The standard InChI is InChI=1S/C8H7O4.La/c1-4-3-12-8(11)6(5(2)9)7(4)10;/h10H,1-2H3;/q-1;. The minimum absolute atomic E-state index is 0. The van der Waals surface area contributed by atoms with Gasteiger partial charge in [0, 0.05) is 53.2 Å². The van der Waals surface area contributed by atoms with Gasteiger partial charge in [-0.05, 0) is 6.92 Å². The van der Waals surface area contributed by atoms with Crippen molar-refractivity contribution in [1.82, 2.24) is 0 Å². The normalized spacial score (nSPS) is 9.08. The summed E-state index contributed by atoms with van der Waals surface area (Å²) < 4.78 is 4.37. The van der Waals surface area contributed by atoms with E-state index in [1.165, 1.54) is 13.8 Å². The van der Waals surface area contributed by atoms with Crippen LogP contribution in [-0.4, -0.2) is 10.9 Å². The van der Waals surface area contributed by atoms with Gasteiger partial charge in [0.25, 0.3) is 0 Å². The molecule has 0 unspecified atom stereocenters. The minimum atomic E-state index is -0.856. The maximum Gasteiger partial charge on any atom is 0.231 e. The Morgan fingerprint density at radius 1 is 1.54 bits per heavy atom. The SMILES string of the molecule is CC(=O)c1c(O)c(C)[c-]oc1=O.[La]. The van der Waals surface area contributed by atoms with Gasteiger partial charge in [-0.3, -0.25) is 4.79 Å². The molecular weight excluding hydrogens is 299 g/mol. The number of carbonyl (C=O) groups is 1. The Morgan fingerprint density at radius 3 is 2.46 bits per heavy atom. The molecule has 13 heavy (non-hydrogen) atoms. The average molecular weight is 306 g/mol. The number of ketones is 1. The Hall–Kier alpha value is -0.385. The van der Waals surface area contributed by atoms with E-state index < -0.39 is 11.4 Å². The Labute approximate surface area is 103 Å². The van der Waals surface area contributed by atoms with Gasteiger partial charge in [0.05, 0.1) is 0 Å². The maximum absolute atomic E-state index is 10.9. The van der Waals surface area contributed by atoms with Crippen molar-refractivity contribution in [2.75, 3.05) is 0 Å². The van der Waals surface area contributed by atoms with E-state index in [0.717, 1.165) is 0 Å². The molecule has 1 rings (SSSR count). The third-order valence-electron chi connectivity index (χ3n) is 1.45. The predicted molar refractivity (Wildman–Crippen MR) is 40.2 cm³/mol. The van der Waals surface area contributed by atoms with Gasteiger partial charge >= 0.3 is 0 Å². The van der Waals surface area contributed by atoms with Crippen molar-refractivity contribution >= 4 is 5.78 Å². The van der Waals surface area contributed by atoms with Crippen molar-refractivity contribution < 1.29 is 49.9 Å². The minimum Gasteiger partial charge on any atom is -0.564 e. The molecule has 0 aliphatic rings. The number of rotatable bonds is 1. The van der Waals surface area contributed by atoms with Crippen molar-refractivity contribution in [1.29, 1.82) is 0 Å². The third-order valence-corrected chi connectivity index (χ3v) is 1.45. The van der Waals surface area contributed by atoms with Crippen LogP contribution in [0.3, 0.4) is 0 Å². The number of aromatic hydroxyl groups is 1. The zero-order chi connectivity index (χ0) is 9.30. The summed E-state index contributed by atoms with van der Waals surface area (Å²) in [5.74, 6) is -0.864. The smallest absolute Gasteiger partial charge is 0.231 e. The van der Waals surface area contributed by atoms with E-state index in [2.05, 4.69) is 10.7 Å². The van der Waals surface area contributed by atoms with Gasteiger partial charge in [-0.1, -0.05) is 12.5 Å². The Kier molecular flexibility index (Phi) is 4.60. The number of Topliss-reactive ketones (excluding diaryl/α,β-unsaturated/α-hetero) is 1. The molecule has 1 radical (unpaired) electrons. The molecule has 0 aliphatic heterocycles. The van der Waals surface area contributed by atoms with Gasteiger partial charge in [0.1, 0.15) is 5.78 Å². The molecule has 0 saturated heterocycles. The van der Waals surface area contributed by atoms with E-state index in [-0.39, 0.29) is 52.5 Å². The van der Waals surface area contributed by atoms with Crippen LogP contribution in [0.15, 0.2) is 9.21 Å².